The van der Waals surface area contributed by atoms with Gasteiger partial charge in [-0.3, -0.25) is 0 Å². The summed E-state index contributed by atoms with van der Waals surface area (Å²) >= 11 is 0. The molecule has 4 heteroatoms. The second-order valence-corrected chi connectivity index (χ2v) is 8.45. The lowest BCUT2D eigenvalue weighted by atomic mass is 9.98. The van der Waals surface area contributed by atoms with Crippen molar-refractivity contribution in [2.75, 3.05) is 0 Å². The van der Waals surface area contributed by atoms with Gasteiger partial charge in [0.15, 0.2) is 0 Å². The smallest absolute Gasteiger partial charge is 0.207 e. The average Bonchev–Trinajstić information content (AvgIpc) is 3.24. The van der Waals surface area contributed by atoms with Crippen molar-refractivity contribution >= 4 is 10.0 Å². The zero-order valence-corrected chi connectivity index (χ0v) is 12.9. The quantitative estimate of drug-likeness (QED) is 0.803. The topological polar surface area (TPSA) is 37.4 Å². The van der Waals surface area contributed by atoms with Crippen LogP contribution in [0.25, 0.3) is 0 Å². The molecular formula is C17H21NO2S. The van der Waals surface area contributed by atoms with E-state index in [4.69, 9.17) is 0 Å². The minimum absolute atomic E-state index is 0.180. The van der Waals surface area contributed by atoms with Gasteiger partial charge in [-0.15, -0.1) is 0 Å². The molecule has 2 unspecified atom stereocenters. The minimum atomic E-state index is -3.33. The molecule has 0 radical (unpaired) electrons. The molecule has 0 amide bonds. The summed E-state index contributed by atoms with van der Waals surface area (Å²) < 4.78 is 27.6. The third-order valence-corrected chi connectivity index (χ3v) is 6.98. The first-order valence-electron chi connectivity index (χ1n) is 7.93. The molecule has 2 aliphatic heterocycles. The Morgan fingerprint density at radius 1 is 0.952 bits per heavy atom. The predicted molar refractivity (Wildman–Crippen MR) is 82.3 cm³/mol. The van der Waals surface area contributed by atoms with E-state index in [1.807, 2.05) is 10.4 Å². The zero-order chi connectivity index (χ0) is 14.4. The molecule has 1 aromatic carbocycles. The first kappa shape index (κ1) is 13.5. The highest BCUT2D eigenvalue weighted by Gasteiger charge is 2.45. The molecule has 112 valence electrons. The number of piperidine rings is 1. The van der Waals surface area contributed by atoms with E-state index in [-0.39, 0.29) is 12.1 Å². The lowest BCUT2D eigenvalue weighted by molar-refractivity contribution is 0.284. The van der Waals surface area contributed by atoms with Gasteiger partial charge in [0.2, 0.25) is 10.0 Å². The number of nitrogens with zero attached hydrogens (tertiary/aromatic N) is 1. The molecule has 1 aliphatic carbocycles. The predicted octanol–water partition coefficient (Wildman–Crippen LogP) is 3.34. The third-order valence-electron chi connectivity index (χ3n) is 4.96. The Kier molecular flexibility index (Phi) is 3.19. The van der Waals surface area contributed by atoms with Crippen molar-refractivity contribution < 1.29 is 8.42 Å². The van der Waals surface area contributed by atoms with Crippen molar-refractivity contribution in [3.63, 3.8) is 0 Å². The highest BCUT2D eigenvalue weighted by molar-refractivity contribution is 7.89. The van der Waals surface area contributed by atoms with Crippen LogP contribution < -0.4 is 0 Å². The second kappa shape index (κ2) is 4.96. The maximum atomic E-state index is 12.9. The van der Waals surface area contributed by atoms with Gasteiger partial charge >= 0.3 is 0 Å². The van der Waals surface area contributed by atoms with E-state index < -0.39 is 10.0 Å². The van der Waals surface area contributed by atoms with Gasteiger partial charge in [0.05, 0.1) is 4.90 Å². The van der Waals surface area contributed by atoms with Crippen molar-refractivity contribution in [3.8, 4) is 0 Å². The van der Waals surface area contributed by atoms with Gasteiger partial charge in [-0.25, -0.2) is 8.42 Å². The average molecular weight is 303 g/mol. The third kappa shape index (κ3) is 2.44. The molecule has 0 aromatic heterocycles. The van der Waals surface area contributed by atoms with Gasteiger partial charge in [0.1, 0.15) is 0 Å². The Labute approximate surface area is 126 Å². The molecule has 1 saturated carbocycles. The molecule has 1 aromatic rings. The second-order valence-electron chi connectivity index (χ2n) is 6.60. The van der Waals surface area contributed by atoms with E-state index in [0.29, 0.717) is 4.90 Å². The van der Waals surface area contributed by atoms with Crippen molar-refractivity contribution in [1.82, 2.24) is 4.31 Å². The van der Waals surface area contributed by atoms with Crippen LogP contribution in [0.5, 0.6) is 0 Å². The van der Waals surface area contributed by atoms with Crippen LogP contribution in [-0.2, 0) is 10.0 Å². The summed E-state index contributed by atoms with van der Waals surface area (Å²) in [6.45, 7) is 0. The van der Waals surface area contributed by atoms with Crippen LogP contribution in [0, 0.1) is 5.92 Å². The number of hydrogen-bond donors (Lipinski definition) is 0. The Bertz CT molecular complexity index is 645. The summed E-state index contributed by atoms with van der Waals surface area (Å²) in [5, 5.41) is 0. The van der Waals surface area contributed by atoms with Gasteiger partial charge in [-0.05, 0) is 56.6 Å². The minimum Gasteiger partial charge on any atom is -0.207 e. The summed E-state index contributed by atoms with van der Waals surface area (Å²) in [5.41, 5.74) is 1.50. The van der Waals surface area contributed by atoms with E-state index in [9.17, 15) is 8.42 Å². The summed E-state index contributed by atoms with van der Waals surface area (Å²) in [6.07, 6.45) is 8.99. The number of rotatable bonds is 3. The van der Waals surface area contributed by atoms with Crippen LogP contribution in [0.4, 0.5) is 0 Å². The van der Waals surface area contributed by atoms with E-state index >= 15 is 0 Å². The van der Waals surface area contributed by atoms with Gasteiger partial charge in [-0.1, -0.05) is 29.8 Å². The van der Waals surface area contributed by atoms with Gasteiger partial charge in [-0.2, -0.15) is 4.31 Å². The van der Waals surface area contributed by atoms with Crippen LogP contribution in [0.1, 0.15) is 38.5 Å². The van der Waals surface area contributed by atoms with Crippen LogP contribution in [-0.4, -0.2) is 24.8 Å². The summed E-state index contributed by atoms with van der Waals surface area (Å²) in [7, 11) is -3.33. The normalized spacial score (nSPS) is 29.6. The maximum Gasteiger partial charge on any atom is 0.243 e. The highest BCUT2D eigenvalue weighted by Crippen LogP contribution is 2.43. The van der Waals surface area contributed by atoms with Crippen molar-refractivity contribution in [3.05, 3.63) is 42.0 Å². The fraction of sp³-hybridized carbons (Fsp3) is 0.529. The summed E-state index contributed by atoms with van der Waals surface area (Å²) in [5.74, 6) is 0.789. The molecule has 2 bridgehead atoms. The molecular weight excluding hydrogens is 282 g/mol. The Hall–Kier alpha value is -1.13. The van der Waals surface area contributed by atoms with Crippen molar-refractivity contribution in [2.45, 2.75) is 55.5 Å². The number of benzene rings is 1. The van der Waals surface area contributed by atoms with Crippen molar-refractivity contribution in [1.29, 1.82) is 0 Å². The van der Waals surface area contributed by atoms with E-state index in [1.54, 1.807) is 24.3 Å². The summed E-state index contributed by atoms with van der Waals surface area (Å²) in [6, 6.07) is 9.25. The van der Waals surface area contributed by atoms with Crippen LogP contribution in [0.3, 0.4) is 0 Å². The van der Waals surface area contributed by atoms with Gasteiger partial charge < -0.3 is 0 Å². The lowest BCUT2D eigenvalue weighted by Gasteiger charge is -2.35. The number of hydrogen-bond acceptors (Lipinski definition) is 2. The molecule has 0 N–H and O–H groups in total. The maximum absolute atomic E-state index is 12.9. The van der Waals surface area contributed by atoms with Crippen LogP contribution >= 0.6 is 0 Å². The van der Waals surface area contributed by atoms with E-state index in [0.717, 1.165) is 31.6 Å². The fourth-order valence-corrected chi connectivity index (χ4v) is 5.74. The lowest BCUT2D eigenvalue weighted by Crippen LogP contribution is -2.44. The van der Waals surface area contributed by atoms with E-state index in [2.05, 4.69) is 6.08 Å². The van der Waals surface area contributed by atoms with Crippen LogP contribution in [0.2, 0.25) is 0 Å². The molecule has 3 nitrogen and oxygen atoms in total. The molecule has 0 spiro atoms. The molecule has 2 saturated heterocycles. The number of fused-ring (bicyclic) bond motifs is 2. The standard InChI is InChI=1S/C17H21NO2S/c19-21(20,17-4-2-1-3-5-17)18-15-8-9-16(18)12-14(11-15)10-13-6-7-13/h1-5,10,13,15-16H,6-9,11-12H2. The molecule has 3 aliphatic rings. The first-order chi connectivity index (χ1) is 10.1. The number of sulfonamides is 1. The number of allylic oxidation sites excluding steroid dienone is 1. The summed E-state index contributed by atoms with van der Waals surface area (Å²) in [4.78, 5) is 0.441. The molecule has 4 rings (SSSR count). The Morgan fingerprint density at radius 3 is 2.14 bits per heavy atom. The van der Waals surface area contributed by atoms with Gasteiger partial charge in [0, 0.05) is 12.1 Å². The highest BCUT2D eigenvalue weighted by atomic mass is 32.2. The largest absolute Gasteiger partial charge is 0.243 e. The van der Waals surface area contributed by atoms with Gasteiger partial charge in [0.25, 0.3) is 0 Å². The first-order valence-corrected chi connectivity index (χ1v) is 9.37. The SMILES string of the molecule is O=S(=O)(c1ccccc1)N1C2CCC1CC(=CC1CC1)C2. The molecule has 21 heavy (non-hydrogen) atoms. The molecule has 3 fully saturated rings. The van der Waals surface area contributed by atoms with E-state index in [1.165, 1.54) is 18.4 Å². The van der Waals surface area contributed by atoms with Crippen molar-refractivity contribution in [2.24, 2.45) is 5.92 Å². The Balaban J connectivity index is 1.62. The Morgan fingerprint density at radius 2 is 1.57 bits per heavy atom. The molecule has 2 atom stereocenters. The molecule has 2 heterocycles. The monoisotopic (exact) mass is 303 g/mol. The zero-order valence-electron chi connectivity index (χ0n) is 12.1. The fourth-order valence-electron chi connectivity index (χ4n) is 3.85. The van der Waals surface area contributed by atoms with Crippen LogP contribution in [0.15, 0.2) is 46.9 Å².